The second-order valence-electron chi connectivity index (χ2n) is 4.64. The van der Waals surface area contributed by atoms with Gasteiger partial charge in [-0.3, -0.25) is 4.90 Å². The predicted molar refractivity (Wildman–Crippen MR) is 75.9 cm³/mol. The van der Waals surface area contributed by atoms with Crippen molar-refractivity contribution in [2.75, 3.05) is 19.6 Å². The highest BCUT2D eigenvalue weighted by Crippen LogP contribution is 2.15. The van der Waals surface area contributed by atoms with Crippen LogP contribution in [0.4, 0.5) is 0 Å². The summed E-state index contributed by atoms with van der Waals surface area (Å²) in [7, 11) is 0. The van der Waals surface area contributed by atoms with Gasteiger partial charge in [0.15, 0.2) is 0 Å². The van der Waals surface area contributed by atoms with Gasteiger partial charge in [0.1, 0.15) is 6.33 Å². The summed E-state index contributed by atoms with van der Waals surface area (Å²) in [5.74, 6) is 0. The van der Waals surface area contributed by atoms with Gasteiger partial charge in [-0.25, -0.2) is 9.97 Å². The van der Waals surface area contributed by atoms with E-state index in [1.165, 1.54) is 31.4 Å². The summed E-state index contributed by atoms with van der Waals surface area (Å²) in [6, 6.07) is 0.704. The molecule has 0 amide bonds. The van der Waals surface area contributed by atoms with Gasteiger partial charge in [0, 0.05) is 30.5 Å². The molecule has 4 nitrogen and oxygen atoms in total. The summed E-state index contributed by atoms with van der Waals surface area (Å²) >= 11 is 0. The fourth-order valence-electron chi connectivity index (χ4n) is 2.51. The Hall–Kier alpha value is -0.710. The van der Waals surface area contributed by atoms with Gasteiger partial charge in [0.25, 0.3) is 0 Å². The van der Waals surface area contributed by atoms with Crippen LogP contribution in [-0.4, -0.2) is 40.5 Å². The van der Waals surface area contributed by atoms with E-state index in [4.69, 9.17) is 0 Å². The first-order valence-corrected chi connectivity index (χ1v) is 6.59. The average Bonchev–Trinajstić information content (AvgIpc) is 2.66. The first kappa shape index (κ1) is 15.3. The van der Waals surface area contributed by atoms with Gasteiger partial charge in [0.2, 0.25) is 0 Å². The van der Waals surface area contributed by atoms with E-state index in [1.54, 1.807) is 6.33 Å². The van der Waals surface area contributed by atoms with Crippen molar-refractivity contribution >= 4 is 12.4 Å². The molecule has 5 heteroatoms. The smallest absolute Gasteiger partial charge is 0.115 e. The molecular weight excluding hydrogens is 248 g/mol. The molecule has 2 heterocycles. The van der Waals surface area contributed by atoms with Gasteiger partial charge >= 0.3 is 0 Å². The van der Waals surface area contributed by atoms with Crippen LogP contribution in [0.2, 0.25) is 0 Å². The number of nitrogens with zero attached hydrogens (tertiary/aromatic N) is 3. The highest BCUT2D eigenvalue weighted by atomic mass is 35.5. The molecule has 1 saturated heterocycles. The lowest BCUT2D eigenvalue weighted by atomic mass is 10.1. The molecule has 1 unspecified atom stereocenters. The molecule has 0 spiro atoms. The molecule has 0 aliphatic carbocycles. The highest BCUT2D eigenvalue weighted by Gasteiger charge is 2.18. The van der Waals surface area contributed by atoms with Gasteiger partial charge in [-0.15, -0.1) is 12.4 Å². The summed E-state index contributed by atoms with van der Waals surface area (Å²) in [4.78, 5) is 10.7. The van der Waals surface area contributed by atoms with Crippen LogP contribution in [0.1, 0.15) is 31.7 Å². The van der Waals surface area contributed by atoms with E-state index in [0.29, 0.717) is 6.04 Å². The summed E-state index contributed by atoms with van der Waals surface area (Å²) in [6.07, 6.45) is 9.27. The van der Waals surface area contributed by atoms with Gasteiger partial charge < -0.3 is 5.32 Å². The van der Waals surface area contributed by atoms with Crippen molar-refractivity contribution in [1.29, 1.82) is 0 Å². The van der Waals surface area contributed by atoms with Crippen molar-refractivity contribution in [3.05, 3.63) is 24.3 Å². The molecule has 1 aliphatic heterocycles. The summed E-state index contributed by atoms with van der Waals surface area (Å²) in [5.41, 5.74) is 1.21. The maximum absolute atomic E-state index is 4.09. The van der Waals surface area contributed by atoms with Gasteiger partial charge in [-0.05, 0) is 38.9 Å². The minimum absolute atomic E-state index is 0. The monoisotopic (exact) mass is 270 g/mol. The molecule has 0 saturated carbocycles. The van der Waals surface area contributed by atoms with Crippen molar-refractivity contribution in [1.82, 2.24) is 20.2 Å². The molecular formula is C13H23ClN4. The third-order valence-electron chi connectivity index (χ3n) is 3.47. The Morgan fingerprint density at radius 3 is 2.78 bits per heavy atom. The number of hydrogen-bond acceptors (Lipinski definition) is 4. The number of rotatable bonds is 4. The third kappa shape index (κ3) is 4.52. The molecule has 1 aliphatic rings. The standard InChI is InChI=1S/C13H22N4.ClH/c1-2-17(10-12-8-15-11-16-9-12)13-4-3-6-14-7-5-13;/h8-9,11,13-14H,2-7,10H2,1H3;1H. The second-order valence-corrected chi connectivity index (χ2v) is 4.64. The van der Waals surface area contributed by atoms with E-state index in [1.807, 2.05) is 12.4 Å². The lowest BCUT2D eigenvalue weighted by Crippen LogP contribution is -2.35. The molecule has 1 atom stereocenters. The Bertz CT molecular complexity index is 312. The zero-order valence-electron chi connectivity index (χ0n) is 11.0. The Kier molecular flexibility index (Phi) is 7.16. The van der Waals surface area contributed by atoms with Crippen LogP contribution in [0, 0.1) is 0 Å². The van der Waals surface area contributed by atoms with Crippen LogP contribution in [0.5, 0.6) is 0 Å². The fourth-order valence-corrected chi connectivity index (χ4v) is 2.51. The van der Waals surface area contributed by atoms with Crippen LogP contribution in [-0.2, 0) is 6.54 Å². The quantitative estimate of drug-likeness (QED) is 0.907. The normalized spacial score (nSPS) is 20.2. The van der Waals surface area contributed by atoms with Crippen molar-refractivity contribution in [3.8, 4) is 0 Å². The van der Waals surface area contributed by atoms with Crippen LogP contribution < -0.4 is 5.32 Å². The Labute approximate surface area is 116 Å². The zero-order chi connectivity index (χ0) is 11.9. The number of hydrogen-bond donors (Lipinski definition) is 1. The first-order valence-electron chi connectivity index (χ1n) is 6.59. The molecule has 1 aromatic heterocycles. The molecule has 1 N–H and O–H groups in total. The molecule has 18 heavy (non-hydrogen) atoms. The topological polar surface area (TPSA) is 41.1 Å². The van der Waals surface area contributed by atoms with E-state index >= 15 is 0 Å². The van der Waals surface area contributed by atoms with Crippen LogP contribution in [0.3, 0.4) is 0 Å². The van der Waals surface area contributed by atoms with Gasteiger partial charge in [-0.2, -0.15) is 0 Å². The third-order valence-corrected chi connectivity index (χ3v) is 3.47. The molecule has 0 aromatic carbocycles. The van der Waals surface area contributed by atoms with Crippen molar-refractivity contribution < 1.29 is 0 Å². The second kappa shape index (κ2) is 8.40. The van der Waals surface area contributed by atoms with Crippen molar-refractivity contribution in [2.45, 2.75) is 38.8 Å². The van der Waals surface area contributed by atoms with Crippen molar-refractivity contribution in [2.24, 2.45) is 0 Å². The predicted octanol–water partition coefficient (Wildman–Crippen LogP) is 1.86. The Morgan fingerprint density at radius 1 is 1.28 bits per heavy atom. The van der Waals surface area contributed by atoms with Crippen LogP contribution in [0.25, 0.3) is 0 Å². The minimum Gasteiger partial charge on any atom is -0.317 e. The first-order chi connectivity index (χ1) is 8.40. The zero-order valence-corrected chi connectivity index (χ0v) is 11.8. The van der Waals surface area contributed by atoms with Gasteiger partial charge in [0.05, 0.1) is 0 Å². The average molecular weight is 271 g/mol. The number of aromatic nitrogens is 2. The molecule has 1 fully saturated rings. The SMILES string of the molecule is CCN(Cc1cncnc1)C1CCCNCC1.Cl. The molecule has 102 valence electrons. The van der Waals surface area contributed by atoms with E-state index in [2.05, 4.69) is 27.1 Å². The van der Waals surface area contributed by atoms with Gasteiger partial charge in [-0.1, -0.05) is 6.92 Å². The summed E-state index contributed by atoms with van der Waals surface area (Å²) < 4.78 is 0. The highest BCUT2D eigenvalue weighted by molar-refractivity contribution is 5.85. The van der Waals surface area contributed by atoms with Crippen LogP contribution in [0.15, 0.2) is 18.7 Å². The maximum atomic E-state index is 4.09. The van der Waals surface area contributed by atoms with Crippen molar-refractivity contribution in [3.63, 3.8) is 0 Å². The van der Waals surface area contributed by atoms with Crippen LogP contribution >= 0.6 is 12.4 Å². The molecule has 1 aromatic rings. The Morgan fingerprint density at radius 2 is 2.06 bits per heavy atom. The molecule has 0 bridgehead atoms. The number of nitrogens with one attached hydrogen (secondary N) is 1. The number of halogens is 1. The lowest BCUT2D eigenvalue weighted by Gasteiger charge is -2.29. The largest absolute Gasteiger partial charge is 0.317 e. The minimum atomic E-state index is 0. The fraction of sp³-hybridized carbons (Fsp3) is 0.692. The maximum Gasteiger partial charge on any atom is 0.115 e. The van der Waals surface area contributed by atoms with E-state index in [0.717, 1.165) is 19.6 Å². The molecule has 2 rings (SSSR count). The molecule has 0 radical (unpaired) electrons. The summed E-state index contributed by atoms with van der Waals surface area (Å²) in [6.45, 7) is 6.62. The van der Waals surface area contributed by atoms with E-state index in [9.17, 15) is 0 Å². The summed E-state index contributed by atoms with van der Waals surface area (Å²) in [5, 5.41) is 3.47. The Balaban J connectivity index is 0.00000162. The lowest BCUT2D eigenvalue weighted by molar-refractivity contribution is 0.182. The van der Waals surface area contributed by atoms with E-state index < -0.39 is 0 Å². The van der Waals surface area contributed by atoms with E-state index in [-0.39, 0.29) is 12.4 Å².